The number of esters is 1. The molecule has 24 heavy (non-hydrogen) atoms. The molecule has 0 atom stereocenters. The lowest BCUT2D eigenvalue weighted by atomic mass is 10.1. The summed E-state index contributed by atoms with van der Waals surface area (Å²) in [6.45, 7) is 0. The van der Waals surface area contributed by atoms with Gasteiger partial charge in [-0.15, -0.1) is 0 Å². The molecule has 0 radical (unpaired) electrons. The Morgan fingerprint density at radius 2 is 1.67 bits per heavy atom. The third-order valence-electron chi connectivity index (χ3n) is 3.13. The number of carbonyl (C=O) groups excluding carboxylic acids is 1. The van der Waals surface area contributed by atoms with Gasteiger partial charge < -0.3 is 24.1 Å². The van der Waals surface area contributed by atoms with Crippen LogP contribution in [-0.4, -0.2) is 32.4 Å². The molecule has 0 aromatic heterocycles. The minimum absolute atomic E-state index is 0.0221. The first kappa shape index (κ1) is 17.2. The van der Waals surface area contributed by atoms with E-state index in [9.17, 15) is 9.90 Å². The molecular formula is C18H18O6. The molecular weight excluding hydrogens is 312 g/mol. The van der Waals surface area contributed by atoms with Gasteiger partial charge >= 0.3 is 5.97 Å². The van der Waals surface area contributed by atoms with Gasteiger partial charge in [-0.1, -0.05) is 6.07 Å². The van der Waals surface area contributed by atoms with Gasteiger partial charge in [0.15, 0.2) is 11.5 Å². The molecule has 1 N–H and O–H groups in total. The van der Waals surface area contributed by atoms with E-state index in [2.05, 4.69) is 0 Å². The van der Waals surface area contributed by atoms with Gasteiger partial charge in [-0.25, -0.2) is 4.79 Å². The molecule has 0 bridgehead atoms. The summed E-state index contributed by atoms with van der Waals surface area (Å²) in [5, 5.41) is 9.35. The van der Waals surface area contributed by atoms with Crippen LogP contribution in [0.2, 0.25) is 0 Å². The van der Waals surface area contributed by atoms with Crippen molar-refractivity contribution in [2.75, 3.05) is 21.3 Å². The van der Waals surface area contributed by atoms with Crippen molar-refractivity contribution < 1.29 is 28.8 Å². The number of methoxy groups -OCH3 is 3. The minimum atomic E-state index is -0.575. The van der Waals surface area contributed by atoms with E-state index in [0.29, 0.717) is 22.8 Å². The second-order valence-electron chi connectivity index (χ2n) is 4.71. The second-order valence-corrected chi connectivity index (χ2v) is 4.71. The highest BCUT2D eigenvalue weighted by molar-refractivity contribution is 5.89. The predicted octanol–water partition coefficient (Wildman–Crippen LogP) is 3.04. The van der Waals surface area contributed by atoms with E-state index in [0.717, 1.165) is 0 Å². The lowest BCUT2D eigenvalue weighted by Crippen LogP contribution is -2.03. The number of aromatic hydroxyl groups is 1. The molecule has 2 aromatic carbocycles. The normalized spacial score (nSPS) is 10.5. The molecule has 0 fully saturated rings. The van der Waals surface area contributed by atoms with Crippen LogP contribution in [0.1, 0.15) is 5.56 Å². The predicted molar refractivity (Wildman–Crippen MR) is 88.9 cm³/mol. The van der Waals surface area contributed by atoms with Crippen LogP contribution in [0.5, 0.6) is 28.7 Å². The van der Waals surface area contributed by atoms with Crippen LogP contribution in [0, 0.1) is 0 Å². The number of carbonyl (C=O) groups is 1. The lowest BCUT2D eigenvalue weighted by molar-refractivity contribution is -0.128. The Labute approximate surface area is 139 Å². The van der Waals surface area contributed by atoms with Gasteiger partial charge in [0.2, 0.25) is 5.75 Å². The minimum Gasteiger partial charge on any atom is -0.508 e. The molecule has 0 saturated heterocycles. The van der Waals surface area contributed by atoms with Crippen molar-refractivity contribution in [1.29, 1.82) is 0 Å². The maximum atomic E-state index is 11.9. The first-order chi connectivity index (χ1) is 11.6. The molecule has 0 aliphatic heterocycles. The van der Waals surface area contributed by atoms with E-state index in [1.165, 1.54) is 39.5 Å². The van der Waals surface area contributed by atoms with Crippen molar-refractivity contribution in [3.63, 3.8) is 0 Å². The van der Waals surface area contributed by atoms with E-state index in [4.69, 9.17) is 18.9 Å². The molecule has 0 heterocycles. The monoisotopic (exact) mass is 330 g/mol. The molecule has 6 nitrogen and oxygen atoms in total. The Hall–Kier alpha value is -3.15. The van der Waals surface area contributed by atoms with Gasteiger partial charge in [-0.2, -0.15) is 0 Å². The Kier molecular flexibility index (Phi) is 5.68. The quantitative estimate of drug-likeness (QED) is 0.498. The van der Waals surface area contributed by atoms with Crippen LogP contribution in [-0.2, 0) is 4.79 Å². The Morgan fingerprint density at radius 3 is 2.21 bits per heavy atom. The number of hydrogen-bond donors (Lipinski definition) is 1. The van der Waals surface area contributed by atoms with Crippen LogP contribution < -0.4 is 18.9 Å². The number of hydrogen-bond acceptors (Lipinski definition) is 6. The summed E-state index contributed by atoms with van der Waals surface area (Å²) in [5.41, 5.74) is 0.678. The van der Waals surface area contributed by atoms with Gasteiger partial charge in [0.1, 0.15) is 11.5 Å². The van der Waals surface area contributed by atoms with E-state index < -0.39 is 5.97 Å². The van der Waals surface area contributed by atoms with Crippen molar-refractivity contribution in [3.05, 3.63) is 48.0 Å². The molecule has 0 unspecified atom stereocenters. The topological polar surface area (TPSA) is 74.2 Å². The SMILES string of the molecule is COc1cc(/C=C/C(=O)Oc2cccc(O)c2)cc(OC)c1OC. The number of ether oxygens (including phenoxy) is 4. The van der Waals surface area contributed by atoms with Crippen LogP contribution in [0.25, 0.3) is 6.08 Å². The van der Waals surface area contributed by atoms with Crippen molar-refractivity contribution in [2.24, 2.45) is 0 Å². The van der Waals surface area contributed by atoms with E-state index in [1.54, 1.807) is 30.3 Å². The first-order valence-corrected chi connectivity index (χ1v) is 7.06. The highest BCUT2D eigenvalue weighted by atomic mass is 16.5. The van der Waals surface area contributed by atoms with Crippen LogP contribution in [0.4, 0.5) is 0 Å². The average molecular weight is 330 g/mol. The van der Waals surface area contributed by atoms with E-state index in [1.807, 2.05) is 0 Å². The summed E-state index contributed by atoms with van der Waals surface area (Å²) in [6, 6.07) is 9.42. The molecule has 0 spiro atoms. The van der Waals surface area contributed by atoms with Gasteiger partial charge in [0.05, 0.1) is 21.3 Å². The molecule has 0 aliphatic rings. The Morgan fingerprint density at radius 1 is 1.00 bits per heavy atom. The van der Waals surface area contributed by atoms with Crippen molar-refractivity contribution in [3.8, 4) is 28.7 Å². The van der Waals surface area contributed by atoms with Gasteiger partial charge in [-0.05, 0) is 35.9 Å². The third-order valence-corrected chi connectivity index (χ3v) is 3.13. The second kappa shape index (κ2) is 7.92. The third kappa shape index (κ3) is 4.19. The fourth-order valence-corrected chi connectivity index (χ4v) is 2.06. The summed E-state index contributed by atoms with van der Waals surface area (Å²) in [4.78, 5) is 11.9. The lowest BCUT2D eigenvalue weighted by Gasteiger charge is -2.12. The zero-order valence-electron chi connectivity index (χ0n) is 13.6. The summed E-state index contributed by atoms with van der Waals surface area (Å²) >= 11 is 0. The van der Waals surface area contributed by atoms with Crippen LogP contribution in [0.3, 0.4) is 0 Å². The number of phenols is 1. The van der Waals surface area contributed by atoms with Gasteiger partial charge in [0, 0.05) is 12.1 Å². The number of phenolic OH excluding ortho intramolecular Hbond substituents is 1. The van der Waals surface area contributed by atoms with Gasteiger partial charge in [0.25, 0.3) is 0 Å². The molecule has 0 saturated carbocycles. The Bertz CT molecular complexity index is 726. The zero-order valence-corrected chi connectivity index (χ0v) is 13.6. The average Bonchev–Trinajstić information content (AvgIpc) is 2.58. The summed E-state index contributed by atoms with van der Waals surface area (Å²) < 4.78 is 20.8. The fraction of sp³-hybridized carbons (Fsp3) is 0.167. The zero-order chi connectivity index (χ0) is 17.5. The summed E-state index contributed by atoms with van der Waals surface area (Å²) in [7, 11) is 4.55. The largest absolute Gasteiger partial charge is 0.508 e. The fourth-order valence-electron chi connectivity index (χ4n) is 2.06. The summed E-state index contributed by atoms with van der Waals surface area (Å²) in [5.74, 6) is 1.15. The maximum Gasteiger partial charge on any atom is 0.336 e. The highest BCUT2D eigenvalue weighted by Crippen LogP contribution is 2.38. The van der Waals surface area contributed by atoms with Crippen molar-refractivity contribution in [1.82, 2.24) is 0 Å². The summed E-state index contributed by atoms with van der Waals surface area (Å²) in [6.07, 6.45) is 2.83. The number of benzene rings is 2. The Balaban J connectivity index is 2.17. The molecule has 2 rings (SSSR count). The maximum absolute atomic E-state index is 11.9. The van der Waals surface area contributed by atoms with Crippen molar-refractivity contribution in [2.45, 2.75) is 0 Å². The smallest absolute Gasteiger partial charge is 0.336 e. The van der Waals surface area contributed by atoms with Crippen LogP contribution >= 0.6 is 0 Å². The van der Waals surface area contributed by atoms with E-state index in [-0.39, 0.29) is 11.5 Å². The van der Waals surface area contributed by atoms with Crippen molar-refractivity contribution >= 4 is 12.0 Å². The molecule has 2 aromatic rings. The molecule has 0 aliphatic carbocycles. The van der Waals surface area contributed by atoms with Crippen LogP contribution in [0.15, 0.2) is 42.5 Å². The first-order valence-electron chi connectivity index (χ1n) is 7.06. The van der Waals surface area contributed by atoms with Gasteiger partial charge in [-0.3, -0.25) is 0 Å². The molecule has 126 valence electrons. The number of rotatable bonds is 6. The standard InChI is InChI=1S/C18H18O6/c1-21-15-9-12(10-16(22-2)18(15)23-3)7-8-17(20)24-14-6-4-5-13(19)11-14/h4-11,19H,1-3H3/b8-7+. The molecule has 6 heteroatoms. The molecule has 0 amide bonds. The van der Waals surface area contributed by atoms with E-state index >= 15 is 0 Å². The highest BCUT2D eigenvalue weighted by Gasteiger charge is 2.12.